The van der Waals surface area contributed by atoms with Gasteiger partial charge in [0, 0.05) is 23.7 Å². The molecule has 0 aliphatic rings. The second-order valence-electron chi connectivity index (χ2n) is 3.82. The molecule has 1 N–H and O–H groups in total. The van der Waals surface area contributed by atoms with E-state index in [1.54, 1.807) is 11.3 Å². The fraction of sp³-hybridized carbons (Fsp3) is 0.231. The lowest BCUT2D eigenvalue weighted by atomic mass is 10.1. The Hall–Kier alpha value is -1.70. The maximum atomic E-state index is 8.70. The molecule has 0 spiro atoms. The summed E-state index contributed by atoms with van der Waals surface area (Å²) in [6.45, 7) is 2.92. The maximum absolute atomic E-state index is 8.70. The Labute approximate surface area is 105 Å². The molecule has 0 saturated carbocycles. The van der Waals surface area contributed by atoms with Crippen molar-refractivity contribution in [3.8, 4) is 6.07 Å². The van der Waals surface area contributed by atoms with Crippen molar-refractivity contribution in [3.05, 3.63) is 52.0 Å². The van der Waals surface area contributed by atoms with E-state index in [4.69, 9.17) is 5.26 Å². The molecule has 0 radical (unpaired) electrons. The highest BCUT2D eigenvalue weighted by Crippen LogP contribution is 2.16. The summed E-state index contributed by atoms with van der Waals surface area (Å²) in [6, 6.07) is 10.1. The van der Waals surface area contributed by atoms with Crippen LogP contribution in [0.4, 0.5) is 0 Å². The van der Waals surface area contributed by atoms with Crippen molar-refractivity contribution in [1.29, 1.82) is 5.26 Å². The summed E-state index contributed by atoms with van der Waals surface area (Å²) < 4.78 is 0. The monoisotopic (exact) mass is 243 g/mol. The van der Waals surface area contributed by atoms with Crippen molar-refractivity contribution in [1.82, 2.24) is 10.3 Å². The van der Waals surface area contributed by atoms with Gasteiger partial charge in [-0.15, -0.1) is 11.3 Å². The van der Waals surface area contributed by atoms with Crippen molar-refractivity contribution in [2.75, 3.05) is 0 Å². The number of aromatic nitrogens is 1. The normalized spacial score (nSPS) is 12.0. The lowest BCUT2D eigenvalue weighted by Crippen LogP contribution is -2.17. The van der Waals surface area contributed by atoms with Crippen LogP contribution in [0.2, 0.25) is 0 Å². The van der Waals surface area contributed by atoms with E-state index in [2.05, 4.69) is 23.3 Å². The largest absolute Gasteiger partial charge is 0.305 e. The van der Waals surface area contributed by atoms with E-state index >= 15 is 0 Å². The number of nitrogens with one attached hydrogen (secondary N) is 1. The number of hydrogen-bond donors (Lipinski definition) is 1. The Morgan fingerprint density at radius 3 is 2.76 bits per heavy atom. The summed E-state index contributed by atoms with van der Waals surface area (Å²) in [5.74, 6) is 0. The summed E-state index contributed by atoms with van der Waals surface area (Å²) >= 11 is 1.66. The van der Waals surface area contributed by atoms with Gasteiger partial charge >= 0.3 is 0 Å². The number of rotatable bonds is 4. The lowest BCUT2D eigenvalue weighted by molar-refractivity contribution is 0.582. The van der Waals surface area contributed by atoms with Crippen LogP contribution in [0, 0.1) is 11.3 Å². The molecule has 0 fully saturated rings. The zero-order valence-electron chi connectivity index (χ0n) is 9.55. The molecule has 0 aliphatic heterocycles. The Morgan fingerprint density at radius 2 is 2.18 bits per heavy atom. The van der Waals surface area contributed by atoms with Gasteiger partial charge in [0.1, 0.15) is 0 Å². The van der Waals surface area contributed by atoms with E-state index in [1.165, 1.54) is 10.4 Å². The van der Waals surface area contributed by atoms with Crippen molar-refractivity contribution in [2.45, 2.75) is 19.5 Å². The zero-order valence-corrected chi connectivity index (χ0v) is 10.4. The first kappa shape index (κ1) is 11.8. The summed E-state index contributed by atoms with van der Waals surface area (Å²) in [7, 11) is 0. The zero-order chi connectivity index (χ0) is 12.1. The molecule has 3 nitrogen and oxygen atoms in total. The first-order valence-corrected chi connectivity index (χ1v) is 6.28. The molecule has 1 aromatic heterocycles. The number of benzene rings is 1. The van der Waals surface area contributed by atoms with Crippen molar-refractivity contribution in [2.24, 2.45) is 0 Å². The molecule has 86 valence electrons. The molecule has 2 rings (SSSR count). The number of nitriles is 1. The quantitative estimate of drug-likeness (QED) is 0.898. The Kier molecular flexibility index (Phi) is 3.86. The van der Waals surface area contributed by atoms with Gasteiger partial charge in [-0.1, -0.05) is 12.1 Å². The van der Waals surface area contributed by atoms with E-state index in [0.29, 0.717) is 11.6 Å². The molecule has 0 amide bonds. The number of nitrogens with zero attached hydrogens (tertiary/aromatic N) is 2. The minimum atomic E-state index is 0.304. The molecule has 1 aromatic carbocycles. The van der Waals surface area contributed by atoms with Crippen molar-refractivity contribution < 1.29 is 0 Å². The molecule has 0 aliphatic carbocycles. The third kappa shape index (κ3) is 3.13. The van der Waals surface area contributed by atoms with Gasteiger partial charge in [-0.2, -0.15) is 5.26 Å². The van der Waals surface area contributed by atoms with Crippen LogP contribution in [-0.2, 0) is 6.54 Å². The highest BCUT2D eigenvalue weighted by Gasteiger charge is 2.05. The van der Waals surface area contributed by atoms with Crippen LogP contribution in [0.15, 0.2) is 36.0 Å². The smallest absolute Gasteiger partial charge is 0.0991 e. The first-order chi connectivity index (χ1) is 8.29. The molecule has 4 heteroatoms. The van der Waals surface area contributed by atoms with Gasteiger partial charge in [0.2, 0.25) is 0 Å². The topological polar surface area (TPSA) is 48.7 Å². The predicted molar refractivity (Wildman–Crippen MR) is 68.5 cm³/mol. The van der Waals surface area contributed by atoms with E-state index in [1.807, 2.05) is 36.0 Å². The summed E-state index contributed by atoms with van der Waals surface area (Å²) in [5.41, 5.74) is 3.72. The molecule has 0 saturated heterocycles. The molecule has 1 atom stereocenters. The standard InChI is InChI=1S/C13H13N3S/c1-10(13-8-15-9-17-13)16-7-12-4-2-11(6-14)3-5-12/h2-5,8-10,16H,7H2,1H3. The van der Waals surface area contributed by atoms with Gasteiger partial charge in [0.15, 0.2) is 0 Å². The maximum Gasteiger partial charge on any atom is 0.0991 e. The highest BCUT2D eigenvalue weighted by molar-refractivity contribution is 7.09. The van der Waals surface area contributed by atoms with Crippen molar-refractivity contribution in [3.63, 3.8) is 0 Å². The van der Waals surface area contributed by atoms with Crippen molar-refractivity contribution >= 4 is 11.3 Å². The minimum absolute atomic E-state index is 0.304. The predicted octanol–water partition coefficient (Wildman–Crippen LogP) is 2.87. The van der Waals surface area contributed by atoms with Crippen LogP contribution in [0.1, 0.15) is 29.0 Å². The first-order valence-electron chi connectivity index (χ1n) is 5.40. The summed E-state index contributed by atoms with van der Waals surface area (Å²) in [5, 5.41) is 12.1. The second-order valence-corrected chi connectivity index (χ2v) is 4.73. The highest BCUT2D eigenvalue weighted by atomic mass is 32.1. The molecule has 2 aromatic rings. The van der Waals surface area contributed by atoms with Crippen LogP contribution in [0.5, 0.6) is 0 Å². The summed E-state index contributed by atoms with van der Waals surface area (Å²) in [6.07, 6.45) is 1.89. The van der Waals surface area contributed by atoms with Gasteiger partial charge < -0.3 is 5.32 Å². The second kappa shape index (κ2) is 5.58. The fourth-order valence-corrected chi connectivity index (χ4v) is 2.16. The van der Waals surface area contributed by atoms with Crippen LogP contribution in [-0.4, -0.2) is 4.98 Å². The van der Waals surface area contributed by atoms with Crippen LogP contribution >= 0.6 is 11.3 Å². The lowest BCUT2D eigenvalue weighted by Gasteiger charge is -2.11. The Balaban J connectivity index is 1.91. The molecule has 1 unspecified atom stereocenters. The van der Waals surface area contributed by atoms with E-state index in [-0.39, 0.29) is 0 Å². The Morgan fingerprint density at radius 1 is 1.41 bits per heavy atom. The van der Waals surface area contributed by atoms with E-state index in [9.17, 15) is 0 Å². The average molecular weight is 243 g/mol. The van der Waals surface area contributed by atoms with Gasteiger partial charge in [0.05, 0.1) is 17.1 Å². The van der Waals surface area contributed by atoms with Crippen LogP contribution in [0.3, 0.4) is 0 Å². The molecular formula is C13H13N3S. The van der Waals surface area contributed by atoms with Gasteiger partial charge in [-0.3, -0.25) is 4.98 Å². The average Bonchev–Trinajstić information content (AvgIpc) is 2.90. The third-order valence-corrected chi connectivity index (χ3v) is 3.53. The van der Waals surface area contributed by atoms with Gasteiger partial charge in [-0.25, -0.2) is 0 Å². The van der Waals surface area contributed by atoms with E-state index in [0.717, 1.165) is 6.54 Å². The molecular weight excluding hydrogens is 230 g/mol. The van der Waals surface area contributed by atoms with E-state index < -0.39 is 0 Å². The number of thiazole rings is 1. The third-order valence-electron chi connectivity index (χ3n) is 2.57. The van der Waals surface area contributed by atoms with Gasteiger partial charge in [-0.05, 0) is 24.6 Å². The van der Waals surface area contributed by atoms with Crippen LogP contribution < -0.4 is 5.32 Å². The minimum Gasteiger partial charge on any atom is -0.305 e. The van der Waals surface area contributed by atoms with Gasteiger partial charge in [0.25, 0.3) is 0 Å². The molecule has 1 heterocycles. The Bertz CT molecular complexity index is 496. The summed E-state index contributed by atoms with van der Waals surface area (Å²) in [4.78, 5) is 5.30. The molecule has 17 heavy (non-hydrogen) atoms. The fourth-order valence-electron chi connectivity index (χ4n) is 1.51. The SMILES string of the molecule is CC(NCc1ccc(C#N)cc1)c1cncs1. The molecule has 0 bridgehead atoms. The van der Waals surface area contributed by atoms with Crippen LogP contribution in [0.25, 0.3) is 0 Å². The number of hydrogen-bond acceptors (Lipinski definition) is 4.